The third-order valence-corrected chi connectivity index (χ3v) is 4.39. The number of aromatic nitrogens is 2. The van der Waals surface area contributed by atoms with Gasteiger partial charge in [-0.05, 0) is 51.4 Å². The van der Waals surface area contributed by atoms with Crippen molar-refractivity contribution >= 4 is 22.6 Å². The fraction of sp³-hybridized carbons (Fsp3) is 0.562. The lowest BCUT2D eigenvalue weighted by atomic mass is 10.2. The average Bonchev–Trinajstić information content (AvgIpc) is 3.03. The van der Waals surface area contributed by atoms with Gasteiger partial charge in [-0.3, -0.25) is 0 Å². The zero-order chi connectivity index (χ0) is 14.1. The van der Waals surface area contributed by atoms with E-state index < -0.39 is 0 Å². The van der Waals surface area contributed by atoms with Crippen LogP contribution in [0.1, 0.15) is 36.5 Å². The average molecular weight is 292 g/mol. The minimum absolute atomic E-state index is 0.0552. The van der Waals surface area contributed by atoms with Crippen molar-refractivity contribution in [3.8, 4) is 0 Å². The van der Waals surface area contributed by atoms with Crippen molar-refractivity contribution in [3.05, 3.63) is 29.6 Å². The van der Waals surface area contributed by atoms with Gasteiger partial charge in [0.1, 0.15) is 5.82 Å². The van der Waals surface area contributed by atoms with Gasteiger partial charge >= 0.3 is 0 Å². The molecule has 1 saturated heterocycles. The molecule has 108 valence electrons. The molecule has 0 N–H and O–H groups in total. The number of likely N-dealkylation sites (tertiary alicyclic amines) is 1. The molecule has 1 aromatic carbocycles. The summed E-state index contributed by atoms with van der Waals surface area (Å²) < 4.78 is 2.32. The highest BCUT2D eigenvalue weighted by Crippen LogP contribution is 2.26. The molecule has 4 heteroatoms. The predicted octanol–water partition coefficient (Wildman–Crippen LogP) is 3.74. The Kier molecular flexibility index (Phi) is 3.99. The molecule has 0 radical (unpaired) electrons. The number of fused-ring (bicyclic) bond motifs is 1. The second kappa shape index (κ2) is 5.74. The zero-order valence-electron chi connectivity index (χ0n) is 12.3. The molecule has 1 unspecified atom stereocenters. The van der Waals surface area contributed by atoms with Gasteiger partial charge in [0.15, 0.2) is 0 Å². The Morgan fingerprint density at radius 2 is 2.00 bits per heavy atom. The summed E-state index contributed by atoms with van der Waals surface area (Å²) in [4.78, 5) is 7.27. The first-order valence-corrected chi connectivity index (χ1v) is 7.92. The number of hydrogen-bond donors (Lipinski definition) is 0. The van der Waals surface area contributed by atoms with Gasteiger partial charge < -0.3 is 9.47 Å². The molecule has 1 aromatic heterocycles. The number of benzene rings is 1. The van der Waals surface area contributed by atoms with Crippen molar-refractivity contribution in [1.82, 2.24) is 14.5 Å². The molecule has 2 aromatic rings. The van der Waals surface area contributed by atoms with E-state index in [-0.39, 0.29) is 5.38 Å². The van der Waals surface area contributed by atoms with Crippen LogP contribution in [0.2, 0.25) is 0 Å². The fourth-order valence-electron chi connectivity index (χ4n) is 3.16. The lowest BCUT2D eigenvalue weighted by Crippen LogP contribution is -2.24. The molecule has 1 fully saturated rings. The number of aryl methyl sites for hydroxylation is 1. The Morgan fingerprint density at radius 1 is 1.25 bits per heavy atom. The summed E-state index contributed by atoms with van der Waals surface area (Å²) in [6, 6.07) is 6.30. The normalized spacial score (nSPS) is 17.9. The van der Waals surface area contributed by atoms with Gasteiger partial charge in [-0.25, -0.2) is 4.98 Å². The fourth-order valence-corrected chi connectivity index (χ4v) is 3.33. The molecule has 20 heavy (non-hydrogen) atoms. The van der Waals surface area contributed by atoms with E-state index in [4.69, 9.17) is 16.6 Å². The minimum atomic E-state index is -0.0552. The Labute approximate surface area is 125 Å². The number of nitrogens with zero attached hydrogens (tertiary/aromatic N) is 3. The van der Waals surface area contributed by atoms with Crippen LogP contribution >= 0.6 is 11.6 Å². The van der Waals surface area contributed by atoms with E-state index in [1.807, 2.05) is 6.92 Å². The molecular formula is C16H22ClN3. The predicted molar refractivity (Wildman–Crippen MR) is 84.4 cm³/mol. The highest BCUT2D eigenvalue weighted by atomic mass is 35.5. The van der Waals surface area contributed by atoms with Crippen LogP contribution in [0.15, 0.2) is 18.2 Å². The van der Waals surface area contributed by atoms with Gasteiger partial charge in [0.25, 0.3) is 0 Å². The summed E-state index contributed by atoms with van der Waals surface area (Å²) in [6.07, 6.45) is 2.67. The van der Waals surface area contributed by atoms with Crippen LogP contribution in [0.5, 0.6) is 0 Å². The summed E-state index contributed by atoms with van der Waals surface area (Å²) in [7, 11) is 0. The van der Waals surface area contributed by atoms with Gasteiger partial charge in [0.05, 0.1) is 16.4 Å². The number of para-hydroxylation sites is 1. The van der Waals surface area contributed by atoms with Gasteiger partial charge in [-0.15, -0.1) is 11.6 Å². The minimum Gasteiger partial charge on any atom is -0.325 e. The van der Waals surface area contributed by atoms with E-state index in [2.05, 4.69) is 34.6 Å². The summed E-state index contributed by atoms with van der Waals surface area (Å²) >= 11 is 6.33. The smallest absolute Gasteiger partial charge is 0.127 e. The van der Waals surface area contributed by atoms with Crippen LogP contribution in [0.25, 0.3) is 11.0 Å². The standard InChI is InChI=1S/C16H22ClN3/c1-12-6-5-7-14-15(12)20(16(18-14)13(2)17)11-10-19-8-3-4-9-19/h5-7,13H,3-4,8-11H2,1-2H3. The molecule has 3 nitrogen and oxygen atoms in total. The van der Waals surface area contributed by atoms with Crippen LogP contribution in [-0.4, -0.2) is 34.1 Å². The van der Waals surface area contributed by atoms with E-state index in [0.717, 1.165) is 24.4 Å². The second-order valence-corrected chi connectivity index (χ2v) is 6.38. The lowest BCUT2D eigenvalue weighted by molar-refractivity contribution is 0.322. The molecule has 0 aliphatic carbocycles. The van der Waals surface area contributed by atoms with Crippen molar-refractivity contribution in [1.29, 1.82) is 0 Å². The maximum atomic E-state index is 6.33. The van der Waals surface area contributed by atoms with E-state index in [1.54, 1.807) is 0 Å². The topological polar surface area (TPSA) is 21.1 Å². The first-order valence-electron chi connectivity index (χ1n) is 7.49. The van der Waals surface area contributed by atoms with Crippen LogP contribution in [0.3, 0.4) is 0 Å². The summed E-state index contributed by atoms with van der Waals surface area (Å²) in [5.74, 6) is 0.996. The third-order valence-electron chi connectivity index (χ3n) is 4.19. The highest BCUT2D eigenvalue weighted by molar-refractivity contribution is 6.20. The summed E-state index contributed by atoms with van der Waals surface area (Å²) in [5, 5.41) is -0.0552. The maximum Gasteiger partial charge on any atom is 0.127 e. The third kappa shape index (κ3) is 2.57. The van der Waals surface area contributed by atoms with Crippen LogP contribution in [0.4, 0.5) is 0 Å². The molecule has 0 saturated carbocycles. The molecule has 1 aliphatic rings. The molecular weight excluding hydrogens is 270 g/mol. The summed E-state index contributed by atoms with van der Waals surface area (Å²) in [5.41, 5.74) is 3.59. The van der Waals surface area contributed by atoms with E-state index >= 15 is 0 Å². The largest absolute Gasteiger partial charge is 0.325 e. The zero-order valence-corrected chi connectivity index (χ0v) is 13.0. The van der Waals surface area contributed by atoms with Crippen LogP contribution in [-0.2, 0) is 6.54 Å². The van der Waals surface area contributed by atoms with Crippen molar-refractivity contribution < 1.29 is 0 Å². The molecule has 0 bridgehead atoms. The van der Waals surface area contributed by atoms with E-state index in [0.29, 0.717) is 0 Å². The second-order valence-electron chi connectivity index (χ2n) is 5.73. The maximum absolute atomic E-state index is 6.33. The number of alkyl halides is 1. The highest BCUT2D eigenvalue weighted by Gasteiger charge is 2.18. The SMILES string of the molecule is Cc1cccc2nc(C(C)Cl)n(CCN3CCCC3)c12. The van der Waals surface area contributed by atoms with E-state index in [9.17, 15) is 0 Å². The molecule has 0 spiro atoms. The number of hydrogen-bond acceptors (Lipinski definition) is 2. The van der Waals surface area contributed by atoms with Crippen molar-refractivity contribution in [2.45, 2.75) is 38.6 Å². The molecule has 1 aliphatic heterocycles. The van der Waals surface area contributed by atoms with Crippen molar-refractivity contribution in [2.75, 3.05) is 19.6 Å². The Balaban J connectivity index is 1.95. The quantitative estimate of drug-likeness (QED) is 0.800. The Morgan fingerprint density at radius 3 is 2.70 bits per heavy atom. The van der Waals surface area contributed by atoms with Gasteiger partial charge in [-0.1, -0.05) is 12.1 Å². The number of imidazole rings is 1. The number of halogens is 1. The summed E-state index contributed by atoms with van der Waals surface area (Å²) in [6.45, 7) is 8.70. The van der Waals surface area contributed by atoms with Crippen molar-refractivity contribution in [2.24, 2.45) is 0 Å². The van der Waals surface area contributed by atoms with Crippen molar-refractivity contribution in [3.63, 3.8) is 0 Å². The van der Waals surface area contributed by atoms with Gasteiger partial charge in [0.2, 0.25) is 0 Å². The van der Waals surface area contributed by atoms with Crippen LogP contribution in [0, 0.1) is 6.92 Å². The molecule has 3 rings (SSSR count). The molecule has 2 heterocycles. The van der Waals surface area contributed by atoms with Gasteiger partial charge in [-0.2, -0.15) is 0 Å². The number of rotatable bonds is 4. The molecule has 1 atom stereocenters. The Hall–Kier alpha value is -1.06. The Bertz CT molecular complexity index is 597. The lowest BCUT2D eigenvalue weighted by Gasteiger charge is -2.17. The van der Waals surface area contributed by atoms with E-state index in [1.165, 1.54) is 37.0 Å². The molecule has 0 amide bonds. The first kappa shape index (κ1) is 13.9. The monoisotopic (exact) mass is 291 g/mol. The van der Waals surface area contributed by atoms with Crippen LogP contribution < -0.4 is 0 Å². The first-order chi connectivity index (χ1) is 9.66. The van der Waals surface area contributed by atoms with Gasteiger partial charge in [0, 0.05) is 13.1 Å².